The maximum absolute atomic E-state index is 12.1. The molecule has 0 aliphatic carbocycles. The Balaban J connectivity index is 1.70. The van der Waals surface area contributed by atoms with Crippen LogP contribution >= 0.6 is 0 Å². The lowest BCUT2D eigenvalue weighted by molar-refractivity contribution is -0.132. The van der Waals surface area contributed by atoms with Crippen molar-refractivity contribution in [3.63, 3.8) is 0 Å². The summed E-state index contributed by atoms with van der Waals surface area (Å²) in [4.78, 5) is 18.8. The van der Waals surface area contributed by atoms with E-state index in [9.17, 15) is 4.79 Å². The van der Waals surface area contributed by atoms with Crippen molar-refractivity contribution in [3.8, 4) is 0 Å². The van der Waals surface area contributed by atoms with E-state index < -0.39 is 0 Å². The first-order chi connectivity index (χ1) is 11.2. The van der Waals surface area contributed by atoms with Crippen LogP contribution < -0.4 is 0 Å². The molecule has 1 saturated heterocycles. The monoisotopic (exact) mass is 315 g/mol. The Labute approximate surface area is 140 Å². The second kappa shape index (κ2) is 9.48. The molecule has 126 valence electrons. The number of amides is 1. The minimum Gasteiger partial charge on any atom is -0.342 e. The van der Waals surface area contributed by atoms with Gasteiger partial charge in [0.25, 0.3) is 0 Å². The van der Waals surface area contributed by atoms with Crippen LogP contribution in [0, 0.1) is 0 Å². The second-order valence-electron chi connectivity index (χ2n) is 5.96. The van der Waals surface area contributed by atoms with Gasteiger partial charge < -0.3 is 4.90 Å². The average molecular weight is 315 g/mol. The highest BCUT2D eigenvalue weighted by Gasteiger charge is 2.19. The van der Waals surface area contributed by atoms with E-state index in [1.807, 2.05) is 24.8 Å². The fraction of sp³-hybridized carbons (Fsp3) is 0.526. The van der Waals surface area contributed by atoms with Gasteiger partial charge >= 0.3 is 0 Å². The van der Waals surface area contributed by atoms with Crippen LogP contribution in [0.5, 0.6) is 0 Å². The Bertz CT molecular complexity index is 489. The summed E-state index contributed by atoms with van der Waals surface area (Å²) in [7, 11) is 0. The highest BCUT2D eigenvalue weighted by atomic mass is 16.2. The minimum absolute atomic E-state index is 0.257. The predicted octanol–water partition coefficient (Wildman–Crippen LogP) is 2.19. The van der Waals surface area contributed by atoms with Crippen molar-refractivity contribution in [3.05, 3.63) is 42.0 Å². The van der Waals surface area contributed by atoms with Gasteiger partial charge in [0.2, 0.25) is 5.91 Å². The van der Waals surface area contributed by atoms with Crippen LogP contribution in [0.4, 0.5) is 0 Å². The Hall–Kier alpha value is -1.65. The van der Waals surface area contributed by atoms with Gasteiger partial charge in [0.05, 0.1) is 6.54 Å². The number of benzene rings is 1. The molecule has 2 rings (SSSR count). The third-order valence-electron chi connectivity index (χ3n) is 4.41. The number of carbonyl (C=O) groups is 1. The van der Waals surface area contributed by atoms with Gasteiger partial charge in [-0.25, -0.2) is 0 Å². The molecule has 1 aliphatic rings. The largest absolute Gasteiger partial charge is 0.342 e. The Kier molecular flexibility index (Phi) is 7.30. The average Bonchev–Trinajstić information content (AvgIpc) is 2.58. The van der Waals surface area contributed by atoms with Crippen molar-refractivity contribution >= 4 is 12.0 Å². The van der Waals surface area contributed by atoms with Crippen molar-refractivity contribution in [1.29, 1.82) is 0 Å². The molecular formula is C19H29N3O. The number of hydrogen-bond acceptors (Lipinski definition) is 3. The lowest BCUT2D eigenvalue weighted by Crippen LogP contribution is -2.50. The molecule has 0 N–H and O–H groups in total. The first-order valence-corrected chi connectivity index (χ1v) is 8.67. The van der Waals surface area contributed by atoms with Crippen LogP contribution in [-0.4, -0.2) is 73.0 Å². The molecule has 0 bridgehead atoms. The standard InChI is InChI=1S/C19H29N3O/c1-3-22(4-2)19(23)17-21-15-13-20(14-16-21)12-8-11-18-9-6-5-7-10-18/h5-11H,3-4,12-17H2,1-2H3. The Morgan fingerprint density at radius 1 is 1.04 bits per heavy atom. The summed E-state index contributed by atoms with van der Waals surface area (Å²) < 4.78 is 0. The predicted molar refractivity (Wildman–Crippen MR) is 96.3 cm³/mol. The summed E-state index contributed by atoms with van der Waals surface area (Å²) in [5, 5.41) is 0. The topological polar surface area (TPSA) is 26.8 Å². The van der Waals surface area contributed by atoms with E-state index >= 15 is 0 Å². The molecule has 23 heavy (non-hydrogen) atoms. The van der Waals surface area contributed by atoms with Crippen LogP contribution in [0.2, 0.25) is 0 Å². The number of carbonyl (C=O) groups excluding carboxylic acids is 1. The number of hydrogen-bond donors (Lipinski definition) is 0. The van der Waals surface area contributed by atoms with Gasteiger partial charge in [0.1, 0.15) is 0 Å². The van der Waals surface area contributed by atoms with Gasteiger partial charge in [-0.1, -0.05) is 42.5 Å². The fourth-order valence-electron chi connectivity index (χ4n) is 2.90. The van der Waals surface area contributed by atoms with Gasteiger partial charge in [-0.3, -0.25) is 14.6 Å². The molecule has 1 aliphatic heterocycles. The van der Waals surface area contributed by atoms with E-state index in [4.69, 9.17) is 0 Å². The highest BCUT2D eigenvalue weighted by molar-refractivity contribution is 5.78. The maximum Gasteiger partial charge on any atom is 0.236 e. The molecule has 1 aromatic carbocycles. The van der Waals surface area contributed by atoms with E-state index in [-0.39, 0.29) is 5.91 Å². The second-order valence-corrected chi connectivity index (χ2v) is 5.96. The molecule has 4 nitrogen and oxygen atoms in total. The quantitative estimate of drug-likeness (QED) is 0.772. The fourth-order valence-corrected chi connectivity index (χ4v) is 2.90. The molecule has 1 fully saturated rings. The van der Waals surface area contributed by atoms with Crippen molar-refractivity contribution < 1.29 is 4.79 Å². The maximum atomic E-state index is 12.1. The van der Waals surface area contributed by atoms with Crippen molar-refractivity contribution in [2.45, 2.75) is 13.8 Å². The molecule has 1 amide bonds. The van der Waals surface area contributed by atoms with Gasteiger partial charge in [0, 0.05) is 45.8 Å². The molecule has 0 saturated carbocycles. The lowest BCUT2D eigenvalue weighted by atomic mass is 10.2. The molecule has 0 aromatic heterocycles. The molecule has 1 heterocycles. The van der Waals surface area contributed by atoms with Crippen LogP contribution in [0.25, 0.3) is 6.08 Å². The third kappa shape index (κ3) is 5.81. The molecule has 0 atom stereocenters. The summed E-state index contributed by atoms with van der Waals surface area (Å²) in [6.45, 7) is 11.3. The molecule has 0 radical (unpaired) electrons. The van der Waals surface area contributed by atoms with Crippen molar-refractivity contribution in [2.24, 2.45) is 0 Å². The summed E-state index contributed by atoms with van der Waals surface area (Å²) in [5.41, 5.74) is 1.25. The lowest BCUT2D eigenvalue weighted by Gasteiger charge is -2.34. The van der Waals surface area contributed by atoms with Crippen LogP contribution in [0.3, 0.4) is 0 Å². The van der Waals surface area contributed by atoms with Crippen LogP contribution in [0.15, 0.2) is 36.4 Å². The third-order valence-corrected chi connectivity index (χ3v) is 4.41. The van der Waals surface area contributed by atoms with E-state index in [1.54, 1.807) is 0 Å². The number of piperazine rings is 1. The molecule has 0 spiro atoms. The normalized spacial score (nSPS) is 16.8. The van der Waals surface area contributed by atoms with E-state index in [0.717, 1.165) is 45.8 Å². The van der Waals surface area contributed by atoms with Crippen molar-refractivity contribution in [2.75, 3.05) is 52.4 Å². The molecule has 4 heteroatoms. The SMILES string of the molecule is CCN(CC)C(=O)CN1CCN(CC=Cc2ccccc2)CC1. The van der Waals surface area contributed by atoms with Gasteiger partial charge in [-0.05, 0) is 19.4 Å². The zero-order valence-electron chi connectivity index (χ0n) is 14.4. The van der Waals surface area contributed by atoms with Crippen LogP contribution in [-0.2, 0) is 4.79 Å². The first-order valence-electron chi connectivity index (χ1n) is 8.67. The minimum atomic E-state index is 0.257. The molecule has 1 aromatic rings. The molecule has 0 unspecified atom stereocenters. The zero-order valence-corrected chi connectivity index (χ0v) is 14.4. The Morgan fingerprint density at radius 2 is 1.65 bits per heavy atom. The van der Waals surface area contributed by atoms with E-state index in [0.29, 0.717) is 6.54 Å². The van der Waals surface area contributed by atoms with Gasteiger partial charge in [-0.2, -0.15) is 0 Å². The number of rotatable bonds is 7. The Morgan fingerprint density at radius 3 is 2.26 bits per heavy atom. The van der Waals surface area contributed by atoms with E-state index in [2.05, 4.69) is 46.2 Å². The highest BCUT2D eigenvalue weighted by Crippen LogP contribution is 2.05. The van der Waals surface area contributed by atoms with Crippen LogP contribution in [0.1, 0.15) is 19.4 Å². The number of likely N-dealkylation sites (N-methyl/N-ethyl adjacent to an activating group) is 1. The van der Waals surface area contributed by atoms with Gasteiger partial charge in [-0.15, -0.1) is 0 Å². The van der Waals surface area contributed by atoms with E-state index in [1.165, 1.54) is 5.56 Å². The zero-order chi connectivity index (χ0) is 16.5. The first kappa shape index (κ1) is 17.7. The van der Waals surface area contributed by atoms with Crippen molar-refractivity contribution in [1.82, 2.24) is 14.7 Å². The summed E-state index contributed by atoms with van der Waals surface area (Å²) in [6.07, 6.45) is 4.41. The van der Waals surface area contributed by atoms with Gasteiger partial charge in [0.15, 0.2) is 0 Å². The summed E-state index contributed by atoms with van der Waals surface area (Å²) in [5.74, 6) is 0.257. The molecular weight excluding hydrogens is 286 g/mol. The summed E-state index contributed by atoms with van der Waals surface area (Å²) >= 11 is 0. The number of nitrogens with zero attached hydrogens (tertiary/aromatic N) is 3. The smallest absolute Gasteiger partial charge is 0.236 e. The summed E-state index contributed by atoms with van der Waals surface area (Å²) in [6, 6.07) is 10.4.